The van der Waals surface area contributed by atoms with Crippen LogP contribution in [0.15, 0.2) is 28.9 Å². The molecule has 2 aromatic rings. The van der Waals surface area contributed by atoms with Crippen molar-refractivity contribution in [2.75, 3.05) is 20.8 Å². The second-order valence-corrected chi connectivity index (χ2v) is 4.65. The summed E-state index contributed by atoms with van der Waals surface area (Å²) < 4.78 is 47.2. The summed E-state index contributed by atoms with van der Waals surface area (Å²) in [7, 11) is 3.26. The van der Waals surface area contributed by atoms with E-state index in [2.05, 4.69) is 19.6 Å². The Morgan fingerprint density at radius 2 is 2.14 bits per heavy atom. The van der Waals surface area contributed by atoms with E-state index in [4.69, 9.17) is 4.74 Å². The van der Waals surface area contributed by atoms with Gasteiger partial charge in [-0.1, -0.05) is 11.2 Å². The molecule has 2 aromatic heterocycles. The van der Waals surface area contributed by atoms with Gasteiger partial charge >= 0.3 is 6.18 Å². The summed E-state index contributed by atoms with van der Waals surface area (Å²) in [5, 5.41) is 2.93. The van der Waals surface area contributed by atoms with Crippen LogP contribution in [0.2, 0.25) is 0 Å². The average Bonchev–Trinajstić information content (AvgIpc) is 2.94. The van der Waals surface area contributed by atoms with Gasteiger partial charge in [-0.25, -0.2) is 0 Å². The number of aromatic nitrogens is 3. The molecule has 22 heavy (non-hydrogen) atoms. The predicted molar refractivity (Wildman–Crippen MR) is 69.6 cm³/mol. The Morgan fingerprint density at radius 1 is 1.36 bits per heavy atom. The van der Waals surface area contributed by atoms with Crippen LogP contribution in [0.3, 0.4) is 0 Å². The minimum absolute atomic E-state index is 0.0493. The molecule has 1 unspecified atom stereocenters. The maximum Gasteiger partial charge on any atom is 0.455 e. The standard InChI is InChI=1S/C13H15F3N4O2/c1-20(7-11-18-12(19-22-11)13(14,15)16)10(8-21-2)9-5-3-4-6-17-9/h3-6,10H,7-8H2,1-2H3. The molecule has 0 amide bonds. The molecule has 2 heterocycles. The number of methoxy groups -OCH3 is 1. The molecule has 0 bridgehead atoms. The van der Waals surface area contributed by atoms with Crippen LogP contribution in [-0.2, 0) is 17.5 Å². The molecule has 0 aromatic carbocycles. The maximum atomic E-state index is 12.5. The van der Waals surface area contributed by atoms with Crippen molar-refractivity contribution in [3.63, 3.8) is 0 Å². The van der Waals surface area contributed by atoms with E-state index >= 15 is 0 Å². The molecule has 6 nitrogen and oxygen atoms in total. The van der Waals surface area contributed by atoms with Crippen molar-refractivity contribution in [1.29, 1.82) is 0 Å². The number of halogens is 3. The summed E-state index contributed by atoms with van der Waals surface area (Å²) >= 11 is 0. The van der Waals surface area contributed by atoms with Gasteiger partial charge < -0.3 is 9.26 Å². The van der Waals surface area contributed by atoms with Gasteiger partial charge in [0.25, 0.3) is 5.82 Å². The van der Waals surface area contributed by atoms with Gasteiger partial charge in [0.05, 0.1) is 24.9 Å². The Morgan fingerprint density at radius 3 is 2.68 bits per heavy atom. The summed E-state index contributed by atoms with van der Waals surface area (Å²) in [4.78, 5) is 9.32. The van der Waals surface area contributed by atoms with E-state index in [0.717, 1.165) is 5.69 Å². The second-order valence-electron chi connectivity index (χ2n) is 4.65. The molecule has 0 saturated heterocycles. The average molecular weight is 316 g/mol. The van der Waals surface area contributed by atoms with Crippen LogP contribution in [0, 0.1) is 0 Å². The first-order valence-electron chi connectivity index (χ1n) is 6.41. The van der Waals surface area contributed by atoms with E-state index < -0.39 is 12.0 Å². The topological polar surface area (TPSA) is 64.3 Å². The van der Waals surface area contributed by atoms with Gasteiger partial charge in [-0.15, -0.1) is 0 Å². The molecule has 0 saturated carbocycles. The van der Waals surface area contributed by atoms with Crippen LogP contribution in [-0.4, -0.2) is 40.8 Å². The van der Waals surface area contributed by atoms with E-state index in [1.54, 1.807) is 24.2 Å². The highest BCUT2D eigenvalue weighted by Gasteiger charge is 2.37. The fourth-order valence-electron chi connectivity index (χ4n) is 1.93. The van der Waals surface area contributed by atoms with Crippen LogP contribution in [0.25, 0.3) is 0 Å². The van der Waals surface area contributed by atoms with Crippen LogP contribution < -0.4 is 0 Å². The van der Waals surface area contributed by atoms with Crippen LogP contribution in [0.5, 0.6) is 0 Å². The molecule has 0 aliphatic rings. The van der Waals surface area contributed by atoms with E-state index in [0.29, 0.717) is 6.61 Å². The first kappa shape index (κ1) is 16.4. The molecule has 1 atom stereocenters. The molecule has 9 heteroatoms. The summed E-state index contributed by atoms with van der Waals surface area (Å²) in [6.07, 6.45) is -2.98. The SMILES string of the molecule is COCC(c1ccccn1)N(C)Cc1nc(C(F)(F)F)no1. The molecule has 120 valence electrons. The normalized spacial score (nSPS) is 13.5. The predicted octanol–water partition coefficient (Wildman–Crippen LogP) is 2.30. The number of rotatable bonds is 6. The van der Waals surface area contributed by atoms with E-state index in [-0.39, 0.29) is 18.5 Å². The maximum absolute atomic E-state index is 12.5. The molecular weight excluding hydrogens is 301 g/mol. The summed E-state index contributed by atoms with van der Waals surface area (Å²) in [6, 6.07) is 5.18. The Bertz CT molecular complexity index is 588. The van der Waals surface area contributed by atoms with Gasteiger partial charge in [-0.05, 0) is 19.2 Å². The fraction of sp³-hybridized carbons (Fsp3) is 0.462. The first-order valence-corrected chi connectivity index (χ1v) is 6.41. The number of likely N-dealkylation sites (N-methyl/N-ethyl adjacent to an activating group) is 1. The highest BCUT2D eigenvalue weighted by atomic mass is 19.4. The van der Waals surface area contributed by atoms with Crippen molar-refractivity contribution in [3.05, 3.63) is 41.8 Å². The number of hydrogen-bond acceptors (Lipinski definition) is 6. The third-order valence-corrected chi connectivity index (χ3v) is 2.99. The second kappa shape index (κ2) is 6.84. The van der Waals surface area contributed by atoms with E-state index in [1.165, 1.54) is 7.11 Å². The smallest absolute Gasteiger partial charge is 0.383 e. The summed E-state index contributed by atoms with van der Waals surface area (Å²) in [5.74, 6) is -1.40. The van der Waals surface area contributed by atoms with Crippen LogP contribution in [0.4, 0.5) is 13.2 Å². The third-order valence-electron chi connectivity index (χ3n) is 2.99. The van der Waals surface area contributed by atoms with Gasteiger partial charge in [0.2, 0.25) is 5.89 Å². The van der Waals surface area contributed by atoms with Gasteiger partial charge in [0.15, 0.2) is 0 Å². The van der Waals surface area contributed by atoms with Crippen molar-refractivity contribution < 1.29 is 22.4 Å². The molecule has 0 spiro atoms. The Kier molecular flexibility index (Phi) is 5.09. The highest BCUT2D eigenvalue weighted by Crippen LogP contribution is 2.27. The molecule has 0 N–H and O–H groups in total. The number of alkyl halides is 3. The zero-order valence-corrected chi connectivity index (χ0v) is 12.0. The third kappa shape index (κ3) is 4.01. The van der Waals surface area contributed by atoms with Crippen molar-refractivity contribution in [3.8, 4) is 0 Å². The molecular formula is C13H15F3N4O2. The number of hydrogen-bond donors (Lipinski definition) is 0. The molecule has 0 aliphatic heterocycles. The van der Waals surface area contributed by atoms with Crippen molar-refractivity contribution in [2.45, 2.75) is 18.8 Å². The minimum Gasteiger partial charge on any atom is -0.383 e. The zero-order chi connectivity index (χ0) is 16.2. The van der Waals surface area contributed by atoms with Gasteiger partial charge in [0, 0.05) is 13.3 Å². The lowest BCUT2D eigenvalue weighted by Gasteiger charge is -2.25. The van der Waals surface area contributed by atoms with Crippen molar-refractivity contribution in [1.82, 2.24) is 20.0 Å². The first-order chi connectivity index (χ1) is 10.4. The zero-order valence-electron chi connectivity index (χ0n) is 12.0. The van der Waals surface area contributed by atoms with Gasteiger partial charge in [0.1, 0.15) is 0 Å². The fourth-order valence-corrected chi connectivity index (χ4v) is 1.93. The summed E-state index contributed by atoms with van der Waals surface area (Å²) in [5.41, 5.74) is 0.738. The van der Waals surface area contributed by atoms with Gasteiger partial charge in [-0.2, -0.15) is 18.2 Å². The van der Waals surface area contributed by atoms with Crippen LogP contribution in [0.1, 0.15) is 23.5 Å². The Hall–Kier alpha value is -2.00. The largest absolute Gasteiger partial charge is 0.455 e. The lowest BCUT2D eigenvalue weighted by molar-refractivity contribution is -0.146. The van der Waals surface area contributed by atoms with Gasteiger partial charge in [-0.3, -0.25) is 9.88 Å². The number of nitrogens with zero attached hydrogens (tertiary/aromatic N) is 4. The highest BCUT2D eigenvalue weighted by molar-refractivity contribution is 5.09. The van der Waals surface area contributed by atoms with Crippen molar-refractivity contribution in [2.24, 2.45) is 0 Å². The van der Waals surface area contributed by atoms with E-state index in [1.807, 2.05) is 12.1 Å². The molecule has 0 radical (unpaired) electrons. The molecule has 0 fully saturated rings. The quantitative estimate of drug-likeness (QED) is 0.815. The minimum atomic E-state index is -4.62. The number of ether oxygens (including phenoxy) is 1. The Labute approximate surface area is 124 Å². The number of pyridine rings is 1. The Balaban J connectivity index is 2.11. The monoisotopic (exact) mass is 316 g/mol. The lowest BCUT2D eigenvalue weighted by Crippen LogP contribution is -2.28. The molecule has 0 aliphatic carbocycles. The van der Waals surface area contributed by atoms with Crippen LogP contribution >= 0.6 is 0 Å². The lowest BCUT2D eigenvalue weighted by atomic mass is 10.1. The summed E-state index contributed by atoms with van der Waals surface area (Å²) in [6.45, 7) is 0.376. The van der Waals surface area contributed by atoms with Crippen molar-refractivity contribution >= 4 is 0 Å². The molecule has 2 rings (SSSR count). The van der Waals surface area contributed by atoms with E-state index in [9.17, 15) is 13.2 Å².